The molecule has 1 saturated heterocycles. The number of Topliss-reactive ketones (excluding diaryl/α,β-unsaturated/α-hetero) is 1. The summed E-state index contributed by atoms with van der Waals surface area (Å²) < 4.78 is 5.49. The van der Waals surface area contributed by atoms with E-state index < -0.39 is 0 Å². The highest BCUT2D eigenvalue weighted by Gasteiger charge is 2.38. The molecule has 2 aromatic rings. The fourth-order valence-corrected chi connectivity index (χ4v) is 3.65. The summed E-state index contributed by atoms with van der Waals surface area (Å²) in [6.07, 6.45) is 6.25. The first-order valence-electron chi connectivity index (χ1n) is 10.1. The van der Waals surface area contributed by atoms with Crippen molar-refractivity contribution in [3.8, 4) is 11.1 Å². The number of carbonyl (C=O) groups is 1. The predicted molar refractivity (Wildman–Crippen MR) is 110 cm³/mol. The van der Waals surface area contributed by atoms with Crippen molar-refractivity contribution in [2.45, 2.75) is 58.4 Å². The lowest BCUT2D eigenvalue weighted by molar-refractivity contribution is -0.0456. The highest BCUT2D eigenvalue weighted by molar-refractivity contribution is 6.00. The summed E-state index contributed by atoms with van der Waals surface area (Å²) in [5.74, 6) is 0.0979. The second-order valence-electron chi connectivity index (χ2n) is 7.50. The van der Waals surface area contributed by atoms with Gasteiger partial charge < -0.3 is 10.1 Å². The Morgan fingerprint density at radius 2 is 1.96 bits per heavy atom. The van der Waals surface area contributed by atoms with Gasteiger partial charge in [-0.05, 0) is 36.5 Å². The van der Waals surface area contributed by atoms with Gasteiger partial charge in [0.1, 0.15) is 5.69 Å². The Bertz CT molecular complexity index is 797. The average molecular weight is 367 g/mol. The van der Waals surface area contributed by atoms with E-state index in [1.807, 2.05) is 13.1 Å². The summed E-state index contributed by atoms with van der Waals surface area (Å²) in [5, 5.41) is 3.63. The monoisotopic (exact) mass is 366 g/mol. The van der Waals surface area contributed by atoms with Gasteiger partial charge in [0, 0.05) is 18.2 Å². The zero-order valence-electron chi connectivity index (χ0n) is 16.7. The smallest absolute Gasteiger partial charge is 0.183 e. The van der Waals surface area contributed by atoms with Crippen LogP contribution < -0.4 is 5.32 Å². The molecule has 1 aliphatic rings. The number of carbonyl (C=O) groups excluding carboxylic acids is 1. The number of aryl methyl sites for hydroxylation is 1. The second-order valence-corrected chi connectivity index (χ2v) is 7.50. The number of benzene rings is 1. The van der Waals surface area contributed by atoms with E-state index in [9.17, 15) is 4.79 Å². The lowest BCUT2D eigenvalue weighted by atomic mass is 9.90. The van der Waals surface area contributed by atoms with Gasteiger partial charge in [-0.25, -0.2) is 0 Å². The van der Waals surface area contributed by atoms with Gasteiger partial charge >= 0.3 is 0 Å². The third-order valence-corrected chi connectivity index (χ3v) is 5.18. The Hall–Kier alpha value is -2.20. The van der Waals surface area contributed by atoms with E-state index in [2.05, 4.69) is 54.5 Å². The van der Waals surface area contributed by atoms with Crippen molar-refractivity contribution < 1.29 is 9.53 Å². The van der Waals surface area contributed by atoms with E-state index in [4.69, 9.17) is 4.74 Å². The van der Waals surface area contributed by atoms with E-state index in [0.717, 1.165) is 42.5 Å². The molecule has 0 radical (unpaired) electrons. The second kappa shape index (κ2) is 8.66. The third-order valence-electron chi connectivity index (χ3n) is 5.18. The molecule has 0 saturated carbocycles. The van der Waals surface area contributed by atoms with E-state index in [1.165, 1.54) is 5.56 Å². The first-order chi connectivity index (χ1) is 13.1. The molecule has 0 aliphatic carbocycles. The molecule has 0 bridgehead atoms. The molecule has 2 heterocycles. The molecule has 1 N–H and O–H groups in total. The number of pyridine rings is 1. The van der Waals surface area contributed by atoms with Crippen LogP contribution in [0, 0.1) is 0 Å². The van der Waals surface area contributed by atoms with E-state index in [1.54, 1.807) is 0 Å². The van der Waals surface area contributed by atoms with Gasteiger partial charge in [-0.1, -0.05) is 51.5 Å². The van der Waals surface area contributed by atoms with Crippen LogP contribution >= 0.6 is 0 Å². The average Bonchev–Trinajstić information content (AvgIpc) is 2.66. The van der Waals surface area contributed by atoms with Crippen molar-refractivity contribution in [3.63, 3.8) is 0 Å². The lowest BCUT2D eigenvalue weighted by Crippen LogP contribution is -2.56. The summed E-state index contributed by atoms with van der Waals surface area (Å²) in [7, 11) is 0. The molecular weight excluding hydrogens is 336 g/mol. The number of hydrogen-bond donors (Lipinski definition) is 1. The number of nitrogens with one attached hydrogen (secondary N) is 1. The summed E-state index contributed by atoms with van der Waals surface area (Å²) in [4.78, 5) is 17.2. The van der Waals surface area contributed by atoms with Crippen molar-refractivity contribution >= 4 is 11.5 Å². The van der Waals surface area contributed by atoms with Crippen LogP contribution in [0.4, 0.5) is 5.69 Å². The maximum atomic E-state index is 12.6. The van der Waals surface area contributed by atoms with Crippen LogP contribution in [0.5, 0.6) is 0 Å². The molecule has 0 spiro atoms. The van der Waals surface area contributed by atoms with E-state index >= 15 is 0 Å². The van der Waals surface area contributed by atoms with E-state index in [-0.39, 0.29) is 11.3 Å². The summed E-state index contributed by atoms with van der Waals surface area (Å²) in [5.41, 5.74) is 4.77. The first kappa shape index (κ1) is 19.6. The van der Waals surface area contributed by atoms with Gasteiger partial charge in [0.15, 0.2) is 5.78 Å². The fourth-order valence-electron chi connectivity index (χ4n) is 3.65. The maximum Gasteiger partial charge on any atom is 0.183 e. The minimum absolute atomic E-state index is 0.0818. The Kier molecular flexibility index (Phi) is 6.27. The van der Waals surface area contributed by atoms with Crippen molar-refractivity contribution in [1.29, 1.82) is 0 Å². The van der Waals surface area contributed by atoms with Crippen molar-refractivity contribution in [2.24, 2.45) is 0 Å². The zero-order valence-corrected chi connectivity index (χ0v) is 16.7. The largest absolute Gasteiger partial charge is 0.376 e. The van der Waals surface area contributed by atoms with Gasteiger partial charge in [0.25, 0.3) is 0 Å². The zero-order chi connectivity index (χ0) is 19.3. The van der Waals surface area contributed by atoms with Crippen LogP contribution in [0.1, 0.15) is 62.5 Å². The molecular formula is C23H30N2O2. The Morgan fingerprint density at radius 3 is 2.59 bits per heavy atom. The molecule has 1 aliphatic heterocycles. The fraction of sp³-hybridized carbons (Fsp3) is 0.478. The molecule has 144 valence electrons. The van der Waals surface area contributed by atoms with Crippen LogP contribution in [0.25, 0.3) is 11.1 Å². The third kappa shape index (κ3) is 4.38. The number of anilines is 1. The minimum Gasteiger partial charge on any atom is -0.376 e. The first-order valence-corrected chi connectivity index (χ1v) is 10.1. The van der Waals surface area contributed by atoms with Crippen molar-refractivity contribution in [2.75, 3.05) is 18.5 Å². The number of ether oxygens (including phenoxy) is 1. The van der Waals surface area contributed by atoms with Crippen LogP contribution in [-0.2, 0) is 11.2 Å². The number of nitrogens with zero attached hydrogens (tertiary/aromatic N) is 1. The predicted octanol–water partition coefficient (Wildman–Crippen LogP) is 5.27. The van der Waals surface area contributed by atoms with Crippen LogP contribution in [-0.4, -0.2) is 29.5 Å². The van der Waals surface area contributed by atoms with Crippen molar-refractivity contribution in [3.05, 3.63) is 47.8 Å². The molecule has 4 heteroatoms. The molecule has 0 atom stereocenters. The lowest BCUT2D eigenvalue weighted by Gasteiger charge is -2.43. The Labute approximate surface area is 162 Å². The Morgan fingerprint density at radius 1 is 1.15 bits per heavy atom. The summed E-state index contributed by atoms with van der Waals surface area (Å²) in [6.45, 7) is 7.71. The quantitative estimate of drug-likeness (QED) is 0.614. The molecule has 1 aromatic heterocycles. The number of hydrogen-bond acceptors (Lipinski definition) is 4. The molecule has 0 amide bonds. The van der Waals surface area contributed by atoms with Gasteiger partial charge in [-0.2, -0.15) is 0 Å². The minimum atomic E-state index is -0.0818. The summed E-state index contributed by atoms with van der Waals surface area (Å²) >= 11 is 0. The Balaban J connectivity index is 1.99. The van der Waals surface area contributed by atoms with Crippen LogP contribution in [0.2, 0.25) is 0 Å². The van der Waals surface area contributed by atoms with Crippen LogP contribution in [0.15, 0.2) is 36.5 Å². The maximum absolute atomic E-state index is 12.6. The van der Waals surface area contributed by atoms with Crippen LogP contribution in [0.3, 0.4) is 0 Å². The molecule has 3 rings (SSSR count). The highest BCUT2D eigenvalue weighted by atomic mass is 16.5. The molecule has 4 nitrogen and oxygen atoms in total. The summed E-state index contributed by atoms with van der Waals surface area (Å²) in [6, 6.07) is 10.6. The van der Waals surface area contributed by atoms with Gasteiger partial charge in [-0.15, -0.1) is 0 Å². The molecule has 1 fully saturated rings. The normalized spacial score (nSPS) is 15.2. The van der Waals surface area contributed by atoms with E-state index in [0.29, 0.717) is 25.3 Å². The SMILES string of the molecule is CCCC(=O)c1ncc(-c2cccc(CC)c2)cc1NC1(CCC)COC1. The molecule has 0 unspecified atom stereocenters. The molecule has 1 aromatic carbocycles. The number of aromatic nitrogens is 1. The topological polar surface area (TPSA) is 51.2 Å². The molecule has 27 heavy (non-hydrogen) atoms. The standard InChI is InChI=1S/C23H30N2O2/c1-4-8-21(26)22-20(25-23(11-5-2)15-27-16-23)13-19(14-24-22)18-10-7-9-17(6-3)12-18/h7,9-10,12-14,25H,4-6,8,11,15-16H2,1-3H3. The number of rotatable bonds is 9. The van der Waals surface area contributed by atoms with Gasteiger partial charge in [-0.3, -0.25) is 9.78 Å². The highest BCUT2D eigenvalue weighted by Crippen LogP contribution is 2.32. The number of ketones is 1. The van der Waals surface area contributed by atoms with Gasteiger partial charge in [0.2, 0.25) is 0 Å². The van der Waals surface area contributed by atoms with Crippen molar-refractivity contribution in [1.82, 2.24) is 4.98 Å². The van der Waals surface area contributed by atoms with Gasteiger partial charge in [0.05, 0.1) is 24.4 Å².